The molecule has 0 saturated carbocycles. The summed E-state index contributed by atoms with van der Waals surface area (Å²) in [6.07, 6.45) is 3.19. The van der Waals surface area contributed by atoms with Gasteiger partial charge in [-0.25, -0.2) is 9.97 Å². The van der Waals surface area contributed by atoms with Gasteiger partial charge in [-0.05, 0) is 32.0 Å². The number of fused-ring (bicyclic) bond motifs is 1. The summed E-state index contributed by atoms with van der Waals surface area (Å²) in [4.78, 5) is 8.20. The standard InChI is InChI=1S/C17H17N5O/c1-17(2,18)7-6-11-4-5-14(23-3)12(8-11)15-13-9-19-10-20-16(13)22-21-15/h4-5,8-10H,18H2,1-3H3,(H,19,20,21,22). The Morgan fingerprint density at radius 3 is 2.87 bits per heavy atom. The van der Waals surface area contributed by atoms with Crippen LogP contribution < -0.4 is 10.5 Å². The Morgan fingerprint density at radius 2 is 2.13 bits per heavy atom. The van der Waals surface area contributed by atoms with Crippen LogP contribution in [0.3, 0.4) is 0 Å². The van der Waals surface area contributed by atoms with E-state index in [1.807, 2.05) is 32.0 Å². The first-order chi connectivity index (χ1) is 11.0. The zero-order valence-corrected chi connectivity index (χ0v) is 13.2. The van der Waals surface area contributed by atoms with Crippen LogP contribution in [0.1, 0.15) is 19.4 Å². The minimum atomic E-state index is -0.547. The van der Waals surface area contributed by atoms with E-state index >= 15 is 0 Å². The molecule has 6 heteroatoms. The van der Waals surface area contributed by atoms with Crippen LogP contribution in [0, 0.1) is 11.8 Å². The number of hydrogen-bond acceptors (Lipinski definition) is 5. The normalized spacial score (nSPS) is 11.1. The third-order valence-electron chi connectivity index (χ3n) is 3.23. The number of benzene rings is 1. The molecule has 2 heterocycles. The first-order valence-electron chi connectivity index (χ1n) is 7.12. The van der Waals surface area contributed by atoms with Crippen LogP contribution in [0.25, 0.3) is 22.3 Å². The second kappa shape index (κ2) is 5.71. The van der Waals surface area contributed by atoms with Gasteiger partial charge in [-0.15, -0.1) is 0 Å². The second-order valence-corrected chi connectivity index (χ2v) is 5.75. The molecule has 0 aliphatic carbocycles. The number of nitrogens with zero attached hydrogens (tertiary/aromatic N) is 3. The lowest BCUT2D eigenvalue weighted by molar-refractivity contribution is 0.416. The molecule has 0 unspecified atom stereocenters. The summed E-state index contributed by atoms with van der Waals surface area (Å²) in [7, 11) is 1.63. The number of methoxy groups -OCH3 is 1. The second-order valence-electron chi connectivity index (χ2n) is 5.75. The first kappa shape index (κ1) is 15.0. The summed E-state index contributed by atoms with van der Waals surface area (Å²) in [5, 5.41) is 8.03. The minimum absolute atomic E-state index is 0.547. The summed E-state index contributed by atoms with van der Waals surface area (Å²) in [5.74, 6) is 6.83. The van der Waals surface area contributed by atoms with E-state index in [-0.39, 0.29) is 0 Å². The largest absolute Gasteiger partial charge is 0.496 e. The van der Waals surface area contributed by atoms with Gasteiger partial charge in [0.15, 0.2) is 5.65 Å². The number of aromatic nitrogens is 4. The lowest BCUT2D eigenvalue weighted by atomic mass is 10.0. The molecule has 3 N–H and O–H groups in total. The van der Waals surface area contributed by atoms with E-state index in [4.69, 9.17) is 10.5 Å². The number of ether oxygens (including phenoxy) is 1. The molecule has 0 amide bonds. The molecule has 0 fully saturated rings. The van der Waals surface area contributed by atoms with Crippen molar-refractivity contribution in [2.75, 3.05) is 7.11 Å². The Hall–Kier alpha value is -2.91. The zero-order chi connectivity index (χ0) is 16.4. The van der Waals surface area contributed by atoms with Gasteiger partial charge < -0.3 is 10.5 Å². The van der Waals surface area contributed by atoms with Crippen molar-refractivity contribution in [2.45, 2.75) is 19.4 Å². The molecule has 23 heavy (non-hydrogen) atoms. The molecule has 0 saturated heterocycles. The topological polar surface area (TPSA) is 89.7 Å². The molecule has 0 aliphatic rings. The monoisotopic (exact) mass is 307 g/mol. The number of nitrogens with one attached hydrogen (secondary N) is 1. The van der Waals surface area contributed by atoms with Crippen molar-refractivity contribution in [2.24, 2.45) is 5.73 Å². The van der Waals surface area contributed by atoms with Crippen molar-refractivity contribution in [3.63, 3.8) is 0 Å². The number of hydrogen-bond donors (Lipinski definition) is 2. The predicted octanol–water partition coefficient (Wildman–Crippen LogP) is 2.12. The van der Waals surface area contributed by atoms with Gasteiger partial charge in [-0.2, -0.15) is 5.10 Å². The van der Waals surface area contributed by atoms with Crippen LogP contribution in [0.15, 0.2) is 30.7 Å². The highest BCUT2D eigenvalue weighted by molar-refractivity contribution is 5.92. The predicted molar refractivity (Wildman–Crippen MR) is 88.8 cm³/mol. The highest BCUT2D eigenvalue weighted by Crippen LogP contribution is 2.33. The maximum absolute atomic E-state index is 5.92. The fraction of sp³-hybridized carbons (Fsp3) is 0.235. The van der Waals surface area contributed by atoms with Gasteiger partial charge in [0, 0.05) is 17.3 Å². The molecule has 0 bridgehead atoms. The molecule has 0 spiro atoms. The fourth-order valence-electron chi connectivity index (χ4n) is 2.18. The van der Waals surface area contributed by atoms with Gasteiger partial charge in [0.2, 0.25) is 0 Å². The molecule has 0 atom stereocenters. The Morgan fingerprint density at radius 1 is 1.30 bits per heavy atom. The smallest absolute Gasteiger partial charge is 0.184 e. The Balaban J connectivity index is 2.15. The van der Waals surface area contributed by atoms with Crippen LogP contribution in [-0.4, -0.2) is 32.8 Å². The Kier molecular flexibility index (Phi) is 3.72. The molecule has 116 valence electrons. The van der Waals surface area contributed by atoms with Crippen molar-refractivity contribution in [1.82, 2.24) is 20.2 Å². The Bertz CT molecular complexity index is 912. The van der Waals surface area contributed by atoms with Crippen molar-refractivity contribution in [3.05, 3.63) is 36.3 Å². The fourth-order valence-corrected chi connectivity index (χ4v) is 2.18. The third kappa shape index (κ3) is 3.15. The number of aromatic amines is 1. The van der Waals surface area contributed by atoms with Crippen LogP contribution in [0.2, 0.25) is 0 Å². The summed E-state index contributed by atoms with van der Waals surface area (Å²) in [6, 6.07) is 5.72. The molecule has 1 aromatic carbocycles. The van der Waals surface area contributed by atoms with Gasteiger partial charge in [-0.3, -0.25) is 5.10 Å². The average Bonchev–Trinajstić information content (AvgIpc) is 2.96. The first-order valence-corrected chi connectivity index (χ1v) is 7.12. The van der Waals surface area contributed by atoms with Gasteiger partial charge in [0.25, 0.3) is 0 Å². The lowest BCUT2D eigenvalue weighted by Crippen LogP contribution is -2.29. The van der Waals surface area contributed by atoms with Crippen molar-refractivity contribution >= 4 is 11.0 Å². The van der Waals surface area contributed by atoms with Crippen molar-refractivity contribution in [3.8, 4) is 28.8 Å². The molecular formula is C17H17N5O. The maximum atomic E-state index is 5.92. The molecule has 2 aromatic heterocycles. The highest BCUT2D eigenvalue weighted by Gasteiger charge is 2.14. The minimum Gasteiger partial charge on any atom is -0.496 e. The number of rotatable bonds is 2. The van der Waals surface area contributed by atoms with Gasteiger partial charge in [-0.1, -0.05) is 11.8 Å². The third-order valence-corrected chi connectivity index (χ3v) is 3.23. The van der Waals surface area contributed by atoms with E-state index in [1.54, 1.807) is 13.3 Å². The molecular weight excluding hydrogens is 290 g/mol. The maximum Gasteiger partial charge on any atom is 0.184 e. The van der Waals surface area contributed by atoms with Gasteiger partial charge in [0.1, 0.15) is 12.1 Å². The van der Waals surface area contributed by atoms with Crippen LogP contribution >= 0.6 is 0 Å². The van der Waals surface area contributed by atoms with E-state index < -0.39 is 5.54 Å². The number of H-pyrrole nitrogens is 1. The van der Waals surface area contributed by atoms with E-state index in [0.717, 1.165) is 28.0 Å². The number of nitrogens with two attached hydrogens (primary N) is 1. The van der Waals surface area contributed by atoms with E-state index in [9.17, 15) is 0 Å². The van der Waals surface area contributed by atoms with E-state index in [2.05, 4.69) is 32.0 Å². The molecule has 3 aromatic rings. The molecule has 0 aliphatic heterocycles. The van der Waals surface area contributed by atoms with Crippen LogP contribution in [0.4, 0.5) is 0 Å². The van der Waals surface area contributed by atoms with Gasteiger partial charge in [0.05, 0.1) is 23.7 Å². The summed E-state index contributed by atoms with van der Waals surface area (Å²) in [6.45, 7) is 3.73. The Labute approximate surface area is 134 Å². The summed E-state index contributed by atoms with van der Waals surface area (Å²) < 4.78 is 5.46. The quantitative estimate of drug-likeness (QED) is 0.708. The van der Waals surface area contributed by atoms with Crippen molar-refractivity contribution in [1.29, 1.82) is 0 Å². The zero-order valence-electron chi connectivity index (χ0n) is 13.2. The molecule has 3 rings (SSSR count). The highest BCUT2D eigenvalue weighted by atomic mass is 16.5. The molecule has 6 nitrogen and oxygen atoms in total. The molecule has 0 radical (unpaired) electrons. The lowest BCUT2D eigenvalue weighted by Gasteiger charge is -2.09. The van der Waals surface area contributed by atoms with Crippen LogP contribution in [0.5, 0.6) is 5.75 Å². The SMILES string of the molecule is COc1ccc(C#CC(C)(C)N)cc1-c1[nH]nc2ncncc12. The average molecular weight is 307 g/mol. The van der Waals surface area contributed by atoms with Gasteiger partial charge >= 0.3 is 0 Å². The summed E-state index contributed by atoms with van der Waals surface area (Å²) >= 11 is 0. The van der Waals surface area contributed by atoms with E-state index in [0.29, 0.717) is 5.65 Å². The van der Waals surface area contributed by atoms with E-state index in [1.165, 1.54) is 6.33 Å². The van der Waals surface area contributed by atoms with Crippen molar-refractivity contribution < 1.29 is 4.74 Å². The van der Waals surface area contributed by atoms with Crippen LogP contribution in [-0.2, 0) is 0 Å². The summed E-state index contributed by atoms with van der Waals surface area (Å²) in [5.41, 5.74) is 8.47.